The molecule has 0 spiro atoms. The fraction of sp³-hybridized carbons (Fsp3) is 0.375. The van der Waals surface area contributed by atoms with Gasteiger partial charge in [-0.25, -0.2) is 8.78 Å². The van der Waals surface area contributed by atoms with Gasteiger partial charge < -0.3 is 4.74 Å². The second-order valence-electron chi connectivity index (χ2n) is 2.94. The molecule has 0 saturated carbocycles. The van der Waals surface area contributed by atoms with Crippen LogP contribution in [0.3, 0.4) is 0 Å². The van der Waals surface area contributed by atoms with Crippen molar-refractivity contribution in [1.29, 1.82) is 0 Å². The maximum Gasteiger partial charge on any atom is 0.573 e. The number of halogens is 8. The minimum atomic E-state index is -5.53. The van der Waals surface area contributed by atoms with Gasteiger partial charge in [0.05, 0.1) is 6.20 Å². The summed E-state index contributed by atoms with van der Waals surface area (Å²) in [6, 6.07) is 0. The second kappa shape index (κ2) is 4.58. The molecule has 0 unspecified atom stereocenters. The Morgan fingerprint density at radius 1 is 1.11 bits per heavy atom. The maximum absolute atomic E-state index is 12.9. The van der Waals surface area contributed by atoms with E-state index in [1.165, 1.54) is 0 Å². The maximum atomic E-state index is 12.9. The van der Waals surface area contributed by atoms with Crippen LogP contribution in [-0.2, 0) is 12.9 Å². The van der Waals surface area contributed by atoms with Crippen molar-refractivity contribution in [2.75, 3.05) is 0 Å². The summed E-state index contributed by atoms with van der Waals surface area (Å²) < 4.78 is 101. The summed E-state index contributed by atoms with van der Waals surface area (Å²) >= 11 is 0. The minimum Gasteiger partial charge on any atom is -0.403 e. The standard InChI is InChI=1S/C8H3F8NO/c9-1-4-6(18-8(14,15)16)5(7(11,12)13)3(10)2-17-4/h2H,1H2. The summed E-state index contributed by atoms with van der Waals surface area (Å²) in [6.45, 7) is -1.77. The van der Waals surface area contributed by atoms with Crippen molar-refractivity contribution in [3.63, 3.8) is 0 Å². The average Bonchev–Trinajstić information content (AvgIpc) is 2.13. The molecule has 0 saturated heterocycles. The van der Waals surface area contributed by atoms with Gasteiger partial charge in [0, 0.05) is 0 Å². The molecule has 10 heteroatoms. The van der Waals surface area contributed by atoms with Crippen LogP contribution in [0.15, 0.2) is 6.20 Å². The van der Waals surface area contributed by atoms with Gasteiger partial charge >= 0.3 is 12.5 Å². The largest absolute Gasteiger partial charge is 0.573 e. The number of ether oxygens (including phenoxy) is 1. The summed E-state index contributed by atoms with van der Waals surface area (Å²) in [7, 11) is 0. The number of rotatable bonds is 2. The zero-order chi connectivity index (χ0) is 14.1. The van der Waals surface area contributed by atoms with Crippen LogP contribution >= 0.6 is 0 Å². The fourth-order valence-electron chi connectivity index (χ4n) is 1.10. The lowest BCUT2D eigenvalue weighted by Gasteiger charge is -2.17. The summed E-state index contributed by atoms with van der Waals surface area (Å²) in [5.74, 6) is -4.10. The Bertz CT molecular complexity index is 438. The van der Waals surface area contributed by atoms with Crippen LogP contribution < -0.4 is 4.74 Å². The lowest BCUT2D eigenvalue weighted by Crippen LogP contribution is -2.22. The molecule has 0 radical (unpaired) electrons. The molecule has 0 aliphatic carbocycles. The third kappa shape index (κ3) is 3.20. The quantitative estimate of drug-likeness (QED) is 0.772. The van der Waals surface area contributed by atoms with Crippen molar-refractivity contribution in [1.82, 2.24) is 4.98 Å². The normalized spacial score (nSPS) is 12.7. The van der Waals surface area contributed by atoms with Crippen molar-refractivity contribution in [3.8, 4) is 5.75 Å². The molecular weight excluding hydrogens is 278 g/mol. The number of alkyl halides is 7. The van der Waals surface area contributed by atoms with E-state index in [0.717, 1.165) is 0 Å². The average molecular weight is 281 g/mol. The summed E-state index contributed by atoms with van der Waals surface area (Å²) in [6.07, 6.45) is -11.0. The third-order valence-corrected chi connectivity index (χ3v) is 1.69. The molecule has 0 aromatic carbocycles. The Balaban J connectivity index is 3.47. The van der Waals surface area contributed by atoms with Crippen LogP contribution in [0.1, 0.15) is 11.3 Å². The SMILES string of the molecule is FCc1ncc(F)c(C(F)(F)F)c1OC(F)(F)F. The number of aromatic nitrogens is 1. The van der Waals surface area contributed by atoms with Crippen LogP contribution in [0.2, 0.25) is 0 Å². The lowest BCUT2D eigenvalue weighted by atomic mass is 10.2. The highest BCUT2D eigenvalue weighted by atomic mass is 19.4. The van der Waals surface area contributed by atoms with Crippen LogP contribution in [0.5, 0.6) is 5.75 Å². The zero-order valence-corrected chi connectivity index (χ0v) is 8.16. The summed E-state index contributed by atoms with van der Waals surface area (Å²) in [5.41, 5.74) is -3.64. The molecule has 0 aliphatic rings. The number of pyridine rings is 1. The Hall–Kier alpha value is -1.61. The van der Waals surface area contributed by atoms with Gasteiger partial charge in [0.25, 0.3) is 0 Å². The number of hydrogen-bond acceptors (Lipinski definition) is 2. The lowest BCUT2D eigenvalue weighted by molar-refractivity contribution is -0.276. The summed E-state index contributed by atoms with van der Waals surface area (Å²) in [5, 5.41) is 0. The first kappa shape index (κ1) is 14.5. The Kier molecular flexibility index (Phi) is 3.67. The second-order valence-corrected chi connectivity index (χ2v) is 2.94. The highest BCUT2D eigenvalue weighted by Gasteiger charge is 2.43. The molecule has 0 N–H and O–H groups in total. The van der Waals surface area contributed by atoms with E-state index in [2.05, 4.69) is 9.72 Å². The third-order valence-electron chi connectivity index (χ3n) is 1.69. The Labute approximate surface area is 94.2 Å². The molecule has 0 bridgehead atoms. The van der Waals surface area contributed by atoms with Gasteiger partial charge in [0.2, 0.25) is 0 Å². The van der Waals surface area contributed by atoms with Crippen molar-refractivity contribution in [2.45, 2.75) is 19.2 Å². The van der Waals surface area contributed by atoms with Gasteiger partial charge in [-0.2, -0.15) is 13.2 Å². The van der Waals surface area contributed by atoms with Crippen LogP contribution in [0.25, 0.3) is 0 Å². The molecular formula is C8H3F8NO. The Morgan fingerprint density at radius 3 is 2.06 bits per heavy atom. The molecule has 0 aliphatic heterocycles. The van der Waals surface area contributed by atoms with Gasteiger partial charge in [0.1, 0.15) is 17.9 Å². The van der Waals surface area contributed by atoms with E-state index in [1.807, 2.05) is 0 Å². The molecule has 1 heterocycles. The predicted octanol–water partition coefficient (Wildman–Crippen LogP) is 3.61. The molecule has 102 valence electrons. The highest BCUT2D eigenvalue weighted by molar-refractivity contribution is 5.40. The van der Waals surface area contributed by atoms with Crippen molar-refractivity contribution >= 4 is 0 Å². The highest BCUT2D eigenvalue weighted by Crippen LogP contribution is 2.41. The van der Waals surface area contributed by atoms with Gasteiger partial charge in [-0.1, -0.05) is 0 Å². The monoisotopic (exact) mass is 281 g/mol. The van der Waals surface area contributed by atoms with E-state index in [9.17, 15) is 35.1 Å². The first-order valence-electron chi connectivity index (χ1n) is 4.12. The molecule has 0 fully saturated rings. The molecule has 0 atom stereocenters. The van der Waals surface area contributed by atoms with E-state index in [-0.39, 0.29) is 6.20 Å². The summed E-state index contributed by atoms with van der Waals surface area (Å²) in [4.78, 5) is 2.78. The predicted molar refractivity (Wildman–Crippen MR) is 40.7 cm³/mol. The molecule has 1 aromatic rings. The van der Waals surface area contributed by atoms with Crippen LogP contribution in [-0.4, -0.2) is 11.3 Å². The zero-order valence-electron chi connectivity index (χ0n) is 8.16. The topological polar surface area (TPSA) is 22.1 Å². The number of hydrogen-bond donors (Lipinski definition) is 0. The van der Waals surface area contributed by atoms with Gasteiger partial charge in [0.15, 0.2) is 11.6 Å². The van der Waals surface area contributed by atoms with Crippen molar-refractivity contribution in [2.24, 2.45) is 0 Å². The van der Waals surface area contributed by atoms with E-state index < -0.39 is 42.0 Å². The van der Waals surface area contributed by atoms with E-state index in [4.69, 9.17) is 0 Å². The minimum absolute atomic E-state index is 0.0268. The van der Waals surface area contributed by atoms with Crippen LogP contribution in [0.4, 0.5) is 35.1 Å². The first-order chi connectivity index (χ1) is 8.06. The Morgan fingerprint density at radius 2 is 1.67 bits per heavy atom. The first-order valence-corrected chi connectivity index (χ1v) is 4.12. The van der Waals surface area contributed by atoms with Gasteiger partial charge in [-0.15, -0.1) is 13.2 Å². The van der Waals surface area contributed by atoms with Gasteiger partial charge in [-0.3, -0.25) is 4.98 Å². The molecule has 2 nitrogen and oxygen atoms in total. The molecule has 18 heavy (non-hydrogen) atoms. The molecule has 1 rings (SSSR count). The van der Waals surface area contributed by atoms with Crippen molar-refractivity contribution < 1.29 is 39.9 Å². The molecule has 0 amide bonds. The van der Waals surface area contributed by atoms with Gasteiger partial charge in [-0.05, 0) is 0 Å². The number of nitrogens with zero attached hydrogens (tertiary/aromatic N) is 1. The fourth-order valence-corrected chi connectivity index (χ4v) is 1.10. The van der Waals surface area contributed by atoms with E-state index in [1.54, 1.807) is 0 Å². The van der Waals surface area contributed by atoms with E-state index >= 15 is 0 Å². The van der Waals surface area contributed by atoms with E-state index in [0.29, 0.717) is 0 Å². The molecule has 1 aromatic heterocycles. The van der Waals surface area contributed by atoms with Crippen molar-refractivity contribution in [3.05, 3.63) is 23.3 Å². The van der Waals surface area contributed by atoms with Crippen LogP contribution in [0, 0.1) is 5.82 Å². The smallest absolute Gasteiger partial charge is 0.403 e.